The van der Waals surface area contributed by atoms with Crippen LogP contribution in [0.3, 0.4) is 0 Å². The molecule has 1 saturated carbocycles. The maximum atomic E-state index is 13.6. The number of nitrogens with one attached hydrogen (secondary N) is 1. The molecule has 2 aliphatic rings. The van der Waals surface area contributed by atoms with Crippen LogP contribution in [0.5, 0.6) is 0 Å². The second-order valence-electron chi connectivity index (χ2n) is 9.56. The number of aromatic nitrogens is 2. The molecule has 37 heavy (non-hydrogen) atoms. The summed E-state index contributed by atoms with van der Waals surface area (Å²) in [5, 5.41) is 0.567. The molecular formula is C29H37ClN4O2S. The Morgan fingerprint density at radius 2 is 2.05 bits per heavy atom. The average molecular weight is 541 g/mol. The van der Waals surface area contributed by atoms with E-state index < -0.39 is 11.0 Å². The Morgan fingerprint density at radius 1 is 1.24 bits per heavy atom. The Morgan fingerprint density at radius 3 is 2.73 bits per heavy atom. The van der Waals surface area contributed by atoms with E-state index in [1.165, 1.54) is 5.56 Å². The predicted molar refractivity (Wildman–Crippen MR) is 151 cm³/mol. The van der Waals surface area contributed by atoms with Crippen molar-refractivity contribution in [3.8, 4) is 0 Å². The van der Waals surface area contributed by atoms with E-state index in [2.05, 4.69) is 34.8 Å². The summed E-state index contributed by atoms with van der Waals surface area (Å²) in [4.78, 5) is 20.6. The summed E-state index contributed by atoms with van der Waals surface area (Å²) in [6.07, 6.45) is 8.54. The molecular weight excluding hydrogens is 504 g/mol. The number of halogens is 1. The third-order valence-corrected chi connectivity index (χ3v) is 8.68. The number of aryl methyl sites for hydroxylation is 2. The number of hydrogen-bond acceptors (Lipinski definition) is 3. The zero-order valence-electron chi connectivity index (χ0n) is 22.1. The van der Waals surface area contributed by atoms with Gasteiger partial charge in [0.25, 0.3) is 0 Å². The van der Waals surface area contributed by atoms with Gasteiger partial charge in [0.05, 0.1) is 11.4 Å². The minimum Gasteiger partial charge on any atom is -0.337 e. The third-order valence-electron chi connectivity index (χ3n) is 7.27. The number of benzene rings is 2. The van der Waals surface area contributed by atoms with Crippen molar-refractivity contribution in [2.24, 2.45) is 18.9 Å². The molecule has 0 spiro atoms. The van der Waals surface area contributed by atoms with Gasteiger partial charge in [-0.25, -0.2) is 13.9 Å². The lowest BCUT2D eigenvalue weighted by molar-refractivity contribution is -0.120. The fourth-order valence-electron chi connectivity index (χ4n) is 5.04. The highest BCUT2D eigenvalue weighted by Gasteiger charge is 2.44. The largest absolute Gasteiger partial charge is 0.337 e. The zero-order chi connectivity index (χ0) is 26.5. The van der Waals surface area contributed by atoms with Crippen molar-refractivity contribution in [2.45, 2.75) is 70.4 Å². The highest BCUT2D eigenvalue weighted by Crippen LogP contribution is 2.44. The molecule has 3 aromatic rings. The summed E-state index contributed by atoms with van der Waals surface area (Å²) in [5.41, 5.74) is 3.23. The van der Waals surface area contributed by atoms with Crippen LogP contribution in [-0.4, -0.2) is 19.7 Å². The van der Waals surface area contributed by atoms with E-state index in [0.717, 1.165) is 49.2 Å². The molecule has 1 fully saturated rings. The summed E-state index contributed by atoms with van der Waals surface area (Å²) in [6, 6.07) is 13.4. The Balaban J connectivity index is 0.00000156. The topological polar surface area (TPSA) is 67.2 Å². The van der Waals surface area contributed by atoms with Crippen LogP contribution in [0.2, 0.25) is 5.02 Å². The van der Waals surface area contributed by atoms with Crippen LogP contribution in [0.25, 0.3) is 0 Å². The molecule has 2 aliphatic carbocycles. The van der Waals surface area contributed by atoms with Crippen LogP contribution >= 0.6 is 11.6 Å². The first-order chi connectivity index (χ1) is 17.9. The second-order valence-corrected chi connectivity index (χ2v) is 11.2. The van der Waals surface area contributed by atoms with Gasteiger partial charge in [0.15, 0.2) is 0 Å². The van der Waals surface area contributed by atoms with Crippen LogP contribution in [0.1, 0.15) is 69.4 Å². The van der Waals surface area contributed by atoms with E-state index in [9.17, 15) is 9.00 Å². The highest BCUT2D eigenvalue weighted by molar-refractivity contribution is 7.83. The summed E-state index contributed by atoms with van der Waals surface area (Å²) in [7, 11) is 0.568. The molecule has 4 atom stereocenters. The molecule has 0 bridgehead atoms. The maximum Gasteiger partial charge on any atom is 0.230 e. The van der Waals surface area contributed by atoms with Gasteiger partial charge in [-0.1, -0.05) is 50.9 Å². The first-order valence-electron chi connectivity index (χ1n) is 13.3. The number of fused-ring (bicyclic) bond motifs is 1. The lowest BCUT2D eigenvalue weighted by Crippen LogP contribution is -2.34. The number of carbonyl (C=O) groups is 1. The van der Waals surface area contributed by atoms with Crippen molar-refractivity contribution in [1.82, 2.24) is 14.3 Å². The highest BCUT2D eigenvalue weighted by atomic mass is 35.5. The van der Waals surface area contributed by atoms with Crippen molar-refractivity contribution in [3.05, 3.63) is 76.8 Å². The van der Waals surface area contributed by atoms with Gasteiger partial charge in [0, 0.05) is 42.1 Å². The van der Waals surface area contributed by atoms with Crippen molar-refractivity contribution in [1.29, 1.82) is 0 Å². The molecule has 0 saturated heterocycles. The van der Waals surface area contributed by atoms with Gasteiger partial charge in [0.1, 0.15) is 16.8 Å². The molecule has 2 aromatic carbocycles. The fourth-order valence-corrected chi connectivity index (χ4v) is 6.37. The molecule has 1 N–H and O–H groups in total. The number of rotatable bonds is 8. The van der Waals surface area contributed by atoms with Crippen LogP contribution in [0.4, 0.5) is 5.69 Å². The SMILES string of the molecule is CC.CCC1CC1C(=O)N(Cc1nccn1C)c1ccc2c(c1)C(NS(=O)c1cccc(Cl)c1)CCC2. The minimum atomic E-state index is -1.39. The van der Waals surface area contributed by atoms with E-state index in [-0.39, 0.29) is 17.9 Å². The molecule has 198 valence electrons. The molecule has 6 nitrogen and oxygen atoms in total. The Labute approximate surface area is 228 Å². The smallest absolute Gasteiger partial charge is 0.230 e. The molecule has 1 aromatic heterocycles. The van der Waals surface area contributed by atoms with Crippen molar-refractivity contribution >= 4 is 34.2 Å². The Bertz CT molecular complexity index is 1260. The summed E-state index contributed by atoms with van der Waals surface area (Å²) in [6.45, 7) is 6.58. The third kappa shape index (κ3) is 6.33. The Kier molecular flexibility index (Phi) is 9.22. The lowest BCUT2D eigenvalue weighted by Gasteiger charge is -2.29. The zero-order valence-corrected chi connectivity index (χ0v) is 23.7. The predicted octanol–water partition coefficient (Wildman–Crippen LogP) is 6.37. The summed E-state index contributed by atoms with van der Waals surface area (Å²) in [5.74, 6) is 1.57. The van der Waals surface area contributed by atoms with E-state index in [1.807, 2.05) is 48.7 Å². The number of imidazole rings is 1. The van der Waals surface area contributed by atoms with Crippen molar-refractivity contribution in [3.63, 3.8) is 0 Å². The maximum absolute atomic E-state index is 13.6. The van der Waals surface area contributed by atoms with Gasteiger partial charge in [-0.2, -0.15) is 0 Å². The second kappa shape index (κ2) is 12.4. The molecule has 5 rings (SSSR count). The first kappa shape index (κ1) is 27.6. The lowest BCUT2D eigenvalue weighted by atomic mass is 9.87. The number of anilines is 1. The quantitative estimate of drug-likeness (QED) is 0.361. The van der Waals surface area contributed by atoms with Crippen LogP contribution in [-0.2, 0) is 35.8 Å². The number of nitrogens with zero attached hydrogens (tertiary/aromatic N) is 3. The molecule has 1 amide bonds. The van der Waals surface area contributed by atoms with Crippen LogP contribution < -0.4 is 9.62 Å². The summed E-state index contributed by atoms with van der Waals surface area (Å²) >= 11 is 6.11. The number of amides is 1. The number of carbonyl (C=O) groups excluding carboxylic acids is 1. The van der Waals surface area contributed by atoms with Crippen molar-refractivity contribution < 1.29 is 9.00 Å². The van der Waals surface area contributed by atoms with Gasteiger partial charge in [0.2, 0.25) is 5.91 Å². The monoisotopic (exact) mass is 540 g/mol. The van der Waals surface area contributed by atoms with Gasteiger partial charge in [-0.05, 0) is 73.1 Å². The molecule has 4 unspecified atom stereocenters. The first-order valence-corrected chi connectivity index (χ1v) is 14.8. The van der Waals surface area contributed by atoms with Gasteiger partial charge < -0.3 is 9.47 Å². The standard InChI is InChI=1S/C27H31ClN4O2S.C2H6/c1-3-18-14-24(18)27(33)32(17-26-29-12-13-31(26)2)21-11-10-19-6-4-9-25(23(19)16-21)30-35(34)22-8-5-7-20(28)15-22;1-2/h5,7-8,10-13,15-16,18,24-25,30H,3-4,6,9,14,17H2,1-2H3;1-2H3. The van der Waals surface area contributed by atoms with Crippen molar-refractivity contribution in [2.75, 3.05) is 4.90 Å². The van der Waals surface area contributed by atoms with Crippen LogP contribution in [0, 0.1) is 11.8 Å². The van der Waals surface area contributed by atoms with Crippen LogP contribution in [0.15, 0.2) is 59.8 Å². The molecule has 8 heteroatoms. The number of hydrogen-bond donors (Lipinski definition) is 1. The van der Waals surface area contributed by atoms with E-state index in [4.69, 9.17) is 11.6 Å². The molecule has 0 aliphatic heterocycles. The van der Waals surface area contributed by atoms with E-state index in [0.29, 0.717) is 22.4 Å². The summed E-state index contributed by atoms with van der Waals surface area (Å²) < 4.78 is 18.4. The normalized spacial score (nSPS) is 20.8. The molecule has 0 radical (unpaired) electrons. The minimum absolute atomic E-state index is 0.0621. The average Bonchev–Trinajstić information content (AvgIpc) is 3.61. The van der Waals surface area contributed by atoms with Gasteiger partial charge >= 0.3 is 0 Å². The van der Waals surface area contributed by atoms with E-state index in [1.54, 1.807) is 18.3 Å². The van der Waals surface area contributed by atoms with Gasteiger partial charge in [-0.15, -0.1) is 0 Å². The molecule has 1 heterocycles. The Hall–Kier alpha value is -2.48. The fraction of sp³-hybridized carbons (Fsp3) is 0.448. The van der Waals surface area contributed by atoms with Gasteiger partial charge in [-0.3, -0.25) is 4.79 Å². The van der Waals surface area contributed by atoms with E-state index >= 15 is 0 Å².